The van der Waals surface area contributed by atoms with E-state index in [1.807, 2.05) is 0 Å². The Morgan fingerprint density at radius 2 is 1.84 bits per heavy atom. The van der Waals surface area contributed by atoms with Crippen LogP contribution in [0, 0.1) is 10.1 Å². The Balaban J connectivity index is 3.23. The first-order chi connectivity index (χ1) is 8.63. The standard InChI is InChI=1S/C11H12BrNO5S/c1-3-11(12,19(2,17)18)10(14)8-4-6-9(7-5-8)13(15)16/h4-7H,3H2,1-2H3/t11-/m1/s1. The van der Waals surface area contributed by atoms with Gasteiger partial charge in [-0.2, -0.15) is 0 Å². The van der Waals surface area contributed by atoms with E-state index in [2.05, 4.69) is 15.9 Å². The van der Waals surface area contributed by atoms with Crippen LogP contribution in [-0.2, 0) is 9.84 Å². The van der Waals surface area contributed by atoms with E-state index in [-0.39, 0.29) is 17.7 Å². The monoisotopic (exact) mass is 349 g/mol. The molecule has 1 rings (SSSR count). The van der Waals surface area contributed by atoms with Crippen LogP contribution in [0.4, 0.5) is 5.69 Å². The van der Waals surface area contributed by atoms with Crippen molar-refractivity contribution in [3.63, 3.8) is 0 Å². The molecule has 0 aliphatic carbocycles. The zero-order valence-corrected chi connectivity index (χ0v) is 12.7. The number of alkyl halides is 1. The quantitative estimate of drug-likeness (QED) is 0.352. The van der Waals surface area contributed by atoms with Crippen molar-refractivity contribution in [2.75, 3.05) is 6.26 Å². The van der Waals surface area contributed by atoms with Crippen molar-refractivity contribution in [2.24, 2.45) is 0 Å². The number of benzene rings is 1. The van der Waals surface area contributed by atoms with Crippen LogP contribution in [0.5, 0.6) is 0 Å². The fourth-order valence-electron chi connectivity index (χ4n) is 1.54. The molecular weight excluding hydrogens is 338 g/mol. The van der Waals surface area contributed by atoms with E-state index in [1.165, 1.54) is 24.3 Å². The summed E-state index contributed by atoms with van der Waals surface area (Å²) in [5, 5.41) is 10.5. The number of rotatable bonds is 5. The number of Topliss-reactive ketones (excluding diaryl/α,β-unsaturated/α-hetero) is 1. The second kappa shape index (κ2) is 5.38. The van der Waals surface area contributed by atoms with Crippen LogP contribution in [0.2, 0.25) is 0 Å². The van der Waals surface area contributed by atoms with Gasteiger partial charge in [-0.3, -0.25) is 14.9 Å². The number of ketones is 1. The molecule has 0 radical (unpaired) electrons. The van der Waals surface area contributed by atoms with Gasteiger partial charge in [0.2, 0.25) is 0 Å². The Bertz CT molecular complexity index is 610. The second-order valence-electron chi connectivity index (χ2n) is 3.99. The van der Waals surface area contributed by atoms with Crippen molar-refractivity contribution in [1.82, 2.24) is 0 Å². The van der Waals surface area contributed by atoms with Crippen LogP contribution in [0.3, 0.4) is 0 Å². The summed E-state index contributed by atoms with van der Waals surface area (Å²) in [4.78, 5) is 22.1. The minimum Gasteiger partial charge on any atom is -0.291 e. The average Bonchev–Trinajstić information content (AvgIpc) is 2.35. The summed E-state index contributed by atoms with van der Waals surface area (Å²) in [5.74, 6) is -0.632. The third-order valence-corrected chi connectivity index (χ3v) is 7.06. The first kappa shape index (κ1) is 15.8. The van der Waals surface area contributed by atoms with E-state index in [0.717, 1.165) is 6.26 Å². The molecule has 0 aromatic heterocycles. The molecule has 0 fully saturated rings. The van der Waals surface area contributed by atoms with Gasteiger partial charge in [-0.05, 0) is 18.6 Å². The summed E-state index contributed by atoms with van der Waals surface area (Å²) in [6.45, 7) is 1.57. The average molecular weight is 350 g/mol. The van der Waals surface area contributed by atoms with Crippen molar-refractivity contribution in [3.8, 4) is 0 Å². The number of nitro benzene ring substituents is 1. The highest BCUT2D eigenvalue weighted by Crippen LogP contribution is 2.33. The lowest BCUT2D eigenvalue weighted by molar-refractivity contribution is -0.384. The zero-order valence-electron chi connectivity index (χ0n) is 10.3. The highest BCUT2D eigenvalue weighted by Gasteiger charge is 2.44. The third kappa shape index (κ3) is 3.01. The van der Waals surface area contributed by atoms with Gasteiger partial charge in [0, 0.05) is 24.0 Å². The van der Waals surface area contributed by atoms with E-state index < -0.39 is 24.2 Å². The number of nitro groups is 1. The zero-order chi connectivity index (χ0) is 14.8. The molecule has 104 valence electrons. The van der Waals surface area contributed by atoms with Crippen molar-refractivity contribution >= 4 is 37.2 Å². The fraction of sp³-hybridized carbons (Fsp3) is 0.364. The summed E-state index contributed by atoms with van der Waals surface area (Å²) in [6.07, 6.45) is 1.02. The van der Waals surface area contributed by atoms with E-state index in [1.54, 1.807) is 6.92 Å². The molecule has 1 aromatic rings. The lowest BCUT2D eigenvalue weighted by Crippen LogP contribution is -2.39. The number of carbonyl (C=O) groups excluding carboxylic acids is 1. The topological polar surface area (TPSA) is 94.3 Å². The molecule has 0 amide bonds. The first-order valence-electron chi connectivity index (χ1n) is 5.31. The van der Waals surface area contributed by atoms with Gasteiger partial charge in [0.15, 0.2) is 19.3 Å². The van der Waals surface area contributed by atoms with Gasteiger partial charge >= 0.3 is 0 Å². The molecule has 8 heteroatoms. The third-order valence-electron chi connectivity index (χ3n) is 2.72. The predicted molar refractivity (Wildman–Crippen MR) is 74.2 cm³/mol. The summed E-state index contributed by atoms with van der Waals surface area (Å²) in [7, 11) is -3.66. The number of hydrogen-bond acceptors (Lipinski definition) is 5. The maximum atomic E-state index is 12.2. The highest BCUT2D eigenvalue weighted by atomic mass is 79.9. The van der Waals surface area contributed by atoms with E-state index in [9.17, 15) is 23.3 Å². The molecule has 0 aliphatic heterocycles. The first-order valence-corrected chi connectivity index (χ1v) is 7.99. The molecule has 0 saturated heterocycles. The Morgan fingerprint density at radius 1 is 1.37 bits per heavy atom. The smallest absolute Gasteiger partial charge is 0.269 e. The molecular formula is C11H12BrNO5S. The van der Waals surface area contributed by atoms with Crippen molar-refractivity contribution < 1.29 is 18.1 Å². The molecule has 0 saturated carbocycles. The molecule has 19 heavy (non-hydrogen) atoms. The largest absolute Gasteiger partial charge is 0.291 e. The molecule has 1 aromatic carbocycles. The summed E-state index contributed by atoms with van der Waals surface area (Å²) < 4.78 is 21.7. The Kier molecular flexibility index (Phi) is 4.46. The summed E-state index contributed by atoms with van der Waals surface area (Å²) >= 11 is 2.98. The lowest BCUT2D eigenvalue weighted by Gasteiger charge is -2.22. The SMILES string of the molecule is CC[C@](Br)(C(=O)c1ccc([N+](=O)[O-])cc1)S(C)(=O)=O. The van der Waals surface area contributed by atoms with Crippen molar-refractivity contribution in [3.05, 3.63) is 39.9 Å². The lowest BCUT2D eigenvalue weighted by atomic mass is 10.1. The number of carbonyl (C=O) groups is 1. The van der Waals surface area contributed by atoms with Crippen molar-refractivity contribution in [1.29, 1.82) is 0 Å². The summed E-state index contributed by atoms with van der Waals surface area (Å²) in [6, 6.07) is 4.83. The van der Waals surface area contributed by atoms with Crippen LogP contribution in [0.15, 0.2) is 24.3 Å². The normalized spacial score (nSPS) is 14.7. The van der Waals surface area contributed by atoms with Gasteiger partial charge in [-0.25, -0.2) is 8.42 Å². The molecule has 1 atom stereocenters. The Hall–Kier alpha value is -1.28. The van der Waals surface area contributed by atoms with Crippen molar-refractivity contribution in [2.45, 2.75) is 17.0 Å². The molecule has 0 aliphatic rings. The Labute approximate surface area is 119 Å². The van der Waals surface area contributed by atoms with Crippen LogP contribution < -0.4 is 0 Å². The maximum Gasteiger partial charge on any atom is 0.269 e. The van der Waals surface area contributed by atoms with Gasteiger partial charge in [-0.15, -0.1) is 0 Å². The summed E-state index contributed by atoms with van der Waals surface area (Å²) in [5.41, 5.74) is -0.0534. The maximum absolute atomic E-state index is 12.2. The van der Waals surface area contributed by atoms with Crippen LogP contribution in [0.25, 0.3) is 0 Å². The van der Waals surface area contributed by atoms with Gasteiger partial charge in [-0.1, -0.05) is 22.9 Å². The fourth-order valence-corrected chi connectivity index (χ4v) is 2.75. The van der Waals surface area contributed by atoms with E-state index in [4.69, 9.17) is 0 Å². The highest BCUT2D eigenvalue weighted by molar-refractivity contribution is 9.12. The second-order valence-corrected chi connectivity index (χ2v) is 8.11. The molecule has 0 N–H and O–H groups in total. The number of halogens is 1. The molecule has 0 spiro atoms. The molecule has 0 heterocycles. The van der Waals surface area contributed by atoms with Crippen LogP contribution in [-0.4, -0.2) is 29.0 Å². The number of non-ortho nitro benzene ring substituents is 1. The van der Waals surface area contributed by atoms with E-state index >= 15 is 0 Å². The molecule has 0 bridgehead atoms. The van der Waals surface area contributed by atoms with Gasteiger partial charge in [0.25, 0.3) is 5.69 Å². The number of sulfone groups is 1. The predicted octanol–water partition coefficient (Wildman–Crippen LogP) is 2.32. The van der Waals surface area contributed by atoms with Gasteiger partial charge in [0.1, 0.15) is 0 Å². The van der Waals surface area contributed by atoms with Crippen LogP contribution in [0.1, 0.15) is 23.7 Å². The van der Waals surface area contributed by atoms with Crippen LogP contribution >= 0.6 is 15.9 Å². The molecule has 6 nitrogen and oxygen atoms in total. The number of nitrogens with zero attached hydrogens (tertiary/aromatic N) is 1. The Morgan fingerprint density at radius 3 is 2.16 bits per heavy atom. The molecule has 0 unspecified atom stereocenters. The minimum absolute atomic E-state index is 0.0572. The van der Waals surface area contributed by atoms with Gasteiger partial charge in [0.05, 0.1) is 4.92 Å². The van der Waals surface area contributed by atoms with Gasteiger partial charge < -0.3 is 0 Å². The number of hydrogen-bond donors (Lipinski definition) is 0. The minimum atomic E-state index is -3.66. The van der Waals surface area contributed by atoms with E-state index in [0.29, 0.717) is 0 Å².